The molecule has 0 aromatic carbocycles. The van der Waals surface area contributed by atoms with Crippen LogP contribution >= 0.6 is 0 Å². The Bertz CT molecular complexity index is 491. The molecule has 0 radical (unpaired) electrons. The van der Waals surface area contributed by atoms with Crippen LogP contribution in [-0.2, 0) is 0 Å². The lowest BCUT2D eigenvalue weighted by atomic mass is 10.2. The fourth-order valence-electron chi connectivity index (χ4n) is 1.63. The number of alkyl halides is 3. The van der Waals surface area contributed by atoms with Gasteiger partial charge in [-0.1, -0.05) is 0 Å². The van der Waals surface area contributed by atoms with E-state index in [4.69, 9.17) is 0 Å². The second-order valence-corrected chi connectivity index (χ2v) is 4.38. The molecule has 1 N–H and O–H groups in total. The Hall–Kier alpha value is -2.06. The summed E-state index contributed by atoms with van der Waals surface area (Å²) in [4.78, 5) is 15.0. The number of nitrogens with one attached hydrogen (secondary N) is 1. The lowest BCUT2D eigenvalue weighted by Gasteiger charge is -2.28. The summed E-state index contributed by atoms with van der Waals surface area (Å²) in [6, 6.07) is 1.89. The number of hydrogen-bond acceptors (Lipinski definition) is 5. The molecule has 0 amide bonds. The summed E-state index contributed by atoms with van der Waals surface area (Å²) in [6.45, 7) is 1.73. The maximum absolute atomic E-state index is 12.6. The van der Waals surface area contributed by atoms with Crippen molar-refractivity contribution in [1.82, 2.24) is 4.98 Å². The van der Waals surface area contributed by atoms with Gasteiger partial charge in [-0.25, -0.2) is 4.98 Å². The van der Waals surface area contributed by atoms with E-state index in [9.17, 15) is 23.3 Å². The van der Waals surface area contributed by atoms with Crippen LogP contribution in [-0.4, -0.2) is 35.7 Å². The molecule has 0 atom stereocenters. The number of halogens is 3. The summed E-state index contributed by atoms with van der Waals surface area (Å²) >= 11 is 0. The number of anilines is 2. The predicted molar refractivity (Wildman–Crippen MR) is 69.0 cm³/mol. The van der Waals surface area contributed by atoms with Gasteiger partial charge in [0.2, 0.25) is 5.82 Å². The van der Waals surface area contributed by atoms with E-state index in [0.29, 0.717) is 0 Å². The Morgan fingerprint density at radius 3 is 2.45 bits per heavy atom. The Morgan fingerprint density at radius 1 is 1.45 bits per heavy atom. The standard InChI is InChI=1S/C11H15F3N4O2/c1-7(2)17(6-11(12,13)14)10-8(18(19)20)4-5-9(15-3)16-10/h4-5,7H,6H2,1-3H3,(H,15,16). The first-order chi connectivity index (χ1) is 9.15. The summed E-state index contributed by atoms with van der Waals surface area (Å²) in [7, 11) is 1.53. The molecular weight excluding hydrogens is 277 g/mol. The first kappa shape index (κ1) is 16.0. The van der Waals surface area contributed by atoms with Gasteiger partial charge in [-0.2, -0.15) is 13.2 Å². The van der Waals surface area contributed by atoms with Crippen molar-refractivity contribution in [3.8, 4) is 0 Å². The van der Waals surface area contributed by atoms with Crippen LogP contribution in [0, 0.1) is 10.1 Å². The Labute approximate surface area is 113 Å². The van der Waals surface area contributed by atoms with Crippen molar-refractivity contribution in [3.63, 3.8) is 0 Å². The van der Waals surface area contributed by atoms with E-state index < -0.39 is 29.4 Å². The van der Waals surface area contributed by atoms with Crippen LogP contribution in [0.3, 0.4) is 0 Å². The summed E-state index contributed by atoms with van der Waals surface area (Å²) in [5.74, 6) is -0.0346. The van der Waals surface area contributed by atoms with Crippen LogP contribution in [0.5, 0.6) is 0 Å². The minimum absolute atomic E-state index is 0.262. The minimum Gasteiger partial charge on any atom is -0.373 e. The van der Waals surface area contributed by atoms with Crippen molar-refractivity contribution in [2.75, 3.05) is 23.8 Å². The fourth-order valence-corrected chi connectivity index (χ4v) is 1.63. The van der Waals surface area contributed by atoms with E-state index in [1.807, 2.05) is 0 Å². The van der Waals surface area contributed by atoms with Crippen molar-refractivity contribution >= 4 is 17.3 Å². The summed E-state index contributed by atoms with van der Waals surface area (Å²) in [5.41, 5.74) is -0.457. The van der Waals surface area contributed by atoms with Crippen molar-refractivity contribution in [1.29, 1.82) is 0 Å². The van der Waals surface area contributed by atoms with E-state index in [-0.39, 0.29) is 11.6 Å². The second kappa shape index (κ2) is 5.93. The average molecular weight is 292 g/mol. The molecule has 0 unspecified atom stereocenters. The molecule has 0 spiro atoms. The monoisotopic (exact) mass is 292 g/mol. The van der Waals surface area contributed by atoms with Crippen molar-refractivity contribution in [3.05, 3.63) is 22.2 Å². The van der Waals surface area contributed by atoms with Gasteiger partial charge in [-0.05, 0) is 19.9 Å². The molecular formula is C11H15F3N4O2. The smallest absolute Gasteiger partial charge is 0.373 e. The second-order valence-electron chi connectivity index (χ2n) is 4.38. The van der Waals surface area contributed by atoms with Gasteiger partial charge in [0.05, 0.1) is 4.92 Å². The highest BCUT2D eigenvalue weighted by Gasteiger charge is 2.35. The van der Waals surface area contributed by atoms with Crippen LogP contribution in [0.1, 0.15) is 13.8 Å². The number of nitrogens with zero attached hydrogens (tertiary/aromatic N) is 3. The molecule has 1 aromatic rings. The van der Waals surface area contributed by atoms with Gasteiger partial charge in [-0.3, -0.25) is 10.1 Å². The van der Waals surface area contributed by atoms with Crippen LogP contribution in [0.2, 0.25) is 0 Å². The zero-order valence-corrected chi connectivity index (χ0v) is 11.2. The molecule has 1 aromatic heterocycles. The Balaban J connectivity index is 3.33. The van der Waals surface area contributed by atoms with Crippen LogP contribution in [0.15, 0.2) is 12.1 Å². The first-order valence-electron chi connectivity index (χ1n) is 5.82. The molecule has 0 aliphatic heterocycles. The number of aromatic nitrogens is 1. The predicted octanol–water partition coefficient (Wildman–Crippen LogP) is 2.81. The van der Waals surface area contributed by atoms with Crippen molar-refractivity contribution in [2.45, 2.75) is 26.1 Å². The molecule has 0 fully saturated rings. The maximum atomic E-state index is 12.6. The highest BCUT2D eigenvalue weighted by Crippen LogP contribution is 2.31. The third kappa shape index (κ3) is 3.97. The van der Waals surface area contributed by atoms with Gasteiger partial charge in [-0.15, -0.1) is 0 Å². The third-order valence-electron chi connectivity index (χ3n) is 2.55. The largest absolute Gasteiger partial charge is 0.405 e. The lowest BCUT2D eigenvalue weighted by Crippen LogP contribution is -2.40. The summed E-state index contributed by atoms with van der Waals surface area (Å²) < 4.78 is 37.8. The van der Waals surface area contributed by atoms with Gasteiger partial charge in [0.25, 0.3) is 0 Å². The zero-order chi connectivity index (χ0) is 15.5. The average Bonchev–Trinajstić information content (AvgIpc) is 2.33. The SMILES string of the molecule is CNc1ccc([N+](=O)[O-])c(N(CC(F)(F)F)C(C)C)n1. The lowest BCUT2D eigenvalue weighted by molar-refractivity contribution is -0.384. The molecule has 112 valence electrons. The van der Waals surface area contributed by atoms with Crippen LogP contribution in [0.25, 0.3) is 0 Å². The van der Waals surface area contributed by atoms with E-state index in [2.05, 4.69) is 10.3 Å². The summed E-state index contributed by atoms with van der Waals surface area (Å²) in [5, 5.41) is 13.6. The van der Waals surface area contributed by atoms with E-state index in [1.54, 1.807) is 0 Å². The maximum Gasteiger partial charge on any atom is 0.405 e. The minimum atomic E-state index is -4.48. The van der Waals surface area contributed by atoms with Gasteiger partial charge < -0.3 is 10.2 Å². The fraction of sp³-hybridized carbons (Fsp3) is 0.545. The summed E-state index contributed by atoms with van der Waals surface area (Å²) in [6.07, 6.45) is -4.48. The van der Waals surface area contributed by atoms with Crippen LogP contribution < -0.4 is 10.2 Å². The molecule has 1 rings (SSSR count). The Kier molecular flexibility index (Phi) is 4.74. The van der Waals surface area contributed by atoms with E-state index in [0.717, 1.165) is 11.0 Å². The molecule has 6 nitrogen and oxygen atoms in total. The zero-order valence-electron chi connectivity index (χ0n) is 11.2. The van der Waals surface area contributed by atoms with Crippen LogP contribution in [0.4, 0.5) is 30.5 Å². The van der Waals surface area contributed by atoms with E-state index >= 15 is 0 Å². The number of hydrogen-bond donors (Lipinski definition) is 1. The number of rotatable bonds is 5. The van der Waals surface area contributed by atoms with Gasteiger partial charge >= 0.3 is 11.9 Å². The highest BCUT2D eigenvalue weighted by molar-refractivity contribution is 5.62. The van der Waals surface area contributed by atoms with Gasteiger partial charge in [0.15, 0.2) is 0 Å². The molecule has 0 bridgehead atoms. The highest BCUT2D eigenvalue weighted by atomic mass is 19.4. The number of nitro groups is 1. The number of pyridine rings is 1. The topological polar surface area (TPSA) is 71.3 Å². The molecule has 0 saturated heterocycles. The third-order valence-corrected chi connectivity index (χ3v) is 2.55. The first-order valence-corrected chi connectivity index (χ1v) is 5.82. The Morgan fingerprint density at radius 2 is 2.05 bits per heavy atom. The van der Waals surface area contributed by atoms with Gasteiger partial charge in [0, 0.05) is 19.2 Å². The van der Waals surface area contributed by atoms with Crippen molar-refractivity contribution < 1.29 is 18.1 Å². The molecule has 1 heterocycles. The molecule has 0 saturated carbocycles. The quantitative estimate of drug-likeness (QED) is 0.667. The van der Waals surface area contributed by atoms with Gasteiger partial charge in [0.1, 0.15) is 12.4 Å². The molecule has 0 aliphatic rings. The normalized spacial score (nSPS) is 11.6. The van der Waals surface area contributed by atoms with Crippen molar-refractivity contribution in [2.24, 2.45) is 0 Å². The molecule has 0 aliphatic carbocycles. The molecule has 9 heteroatoms. The molecule has 20 heavy (non-hydrogen) atoms. The van der Waals surface area contributed by atoms with E-state index in [1.165, 1.54) is 27.0 Å².